The van der Waals surface area contributed by atoms with E-state index in [9.17, 15) is 4.79 Å². The lowest BCUT2D eigenvalue weighted by molar-refractivity contribution is -0.123. The zero-order valence-electron chi connectivity index (χ0n) is 16.5. The Labute approximate surface area is 166 Å². The van der Waals surface area contributed by atoms with Crippen LogP contribution in [0.1, 0.15) is 24.4 Å². The summed E-state index contributed by atoms with van der Waals surface area (Å²) in [4.78, 5) is 14.7. The largest absolute Gasteiger partial charge is 0.497 e. The molecule has 0 bridgehead atoms. The fraction of sp³-hybridized carbons (Fsp3) is 0.409. The highest BCUT2D eigenvalue weighted by Gasteiger charge is 2.24. The van der Waals surface area contributed by atoms with Gasteiger partial charge < -0.3 is 19.5 Å². The summed E-state index contributed by atoms with van der Waals surface area (Å²) in [5, 5.41) is 3.02. The molecule has 2 aromatic rings. The second-order valence-corrected chi connectivity index (χ2v) is 6.80. The lowest BCUT2D eigenvalue weighted by atomic mass is 10.1. The number of nitrogens with zero attached hydrogens (tertiary/aromatic N) is 1. The number of hydrogen-bond acceptors (Lipinski definition) is 5. The maximum absolute atomic E-state index is 12.3. The van der Waals surface area contributed by atoms with Crippen LogP contribution in [0.15, 0.2) is 48.5 Å². The van der Waals surface area contributed by atoms with Gasteiger partial charge in [0.1, 0.15) is 17.2 Å². The van der Waals surface area contributed by atoms with Crippen molar-refractivity contribution in [1.29, 1.82) is 0 Å². The maximum atomic E-state index is 12.3. The predicted molar refractivity (Wildman–Crippen MR) is 108 cm³/mol. The van der Waals surface area contributed by atoms with Crippen LogP contribution in [0.4, 0.5) is 0 Å². The van der Waals surface area contributed by atoms with Gasteiger partial charge >= 0.3 is 0 Å². The molecule has 1 aliphatic rings. The number of nitrogens with one attached hydrogen (secondary N) is 1. The number of benzene rings is 2. The molecule has 1 heterocycles. The number of rotatable bonds is 9. The van der Waals surface area contributed by atoms with Gasteiger partial charge in [0, 0.05) is 6.54 Å². The molecule has 1 N–H and O–H groups in total. The van der Waals surface area contributed by atoms with Gasteiger partial charge in [-0.3, -0.25) is 9.69 Å². The summed E-state index contributed by atoms with van der Waals surface area (Å²) in [6.07, 6.45) is 2.39. The third-order valence-electron chi connectivity index (χ3n) is 5.00. The van der Waals surface area contributed by atoms with E-state index >= 15 is 0 Å². The first-order valence-electron chi connectivity index (χ1n) is 9.61. The number of likely N-dealkylation sites (tertiary alicyclic amines) is 1. The Morgan fingerprint density at radius 1 is 0.929 bits per heavy atom. The summed E-state index contributed by atoms with van der Waals surface area (Å²) in [5.74, 6) is 2.10. The summed E-state index contributed by atoms with van der Waals surface area (Å²) in [6.45, 7) is 2.64. The molecule has 1 saturated heterocycles. The molecule has 2 aromatic carbocycles. The fourth-order valence-corrected chi connectivity index (χ4v) is 3.42. The summed E-state index contributed by atoms with van der Waals surface area (Å²) in [5.41, 5.74) is 1.18. The van der Waals surface area contributed by atoms with Crippen LogP contribution in [0.5, 0.6) is 17.2 Å². The summed E-state index contributed by atoms with van der Waals surface area (Å²) >= 11 is 0. The van der Waals surface area contributed by atoms with Crippen LogP contribution in [0.3, 0.4) is 0 Å². The van der Waals surface area contributed by atoms with Gasteiger partial charge in [0.25, 0.3) is 5.91 Å². The van der Waals surface area contributed by atoms with E-state index in [-0.39, 0.29) is 18.6 Å². The van der Waals surface area contributed by atoms with E-state index in [1.807, 2.05) is 12.1 Å². The molecule has 0 unspecified atom stereocenters. The average Bonchev–Trinajstić information content (AvgIpc) is 3.28. The van der Waals surface area contributed by atoms with Crippen LogP contribution < -0.4 is 19.5 Å². The van der Waals surface area contributed by atoms with Gasteiger partial charge in [0.2, 0.25) is 0 Å². The first-order chi connectivity index (χ1) is 13.7. The first kappa shape index (κ1) is 20.0. The standard InChI is InChI=1S/C22H28N2O4/c1-26-18-7-5-17(6-8-18)21(24-13-3-4-14-24)15-23-22(25)16-28-20-11-9-19(27-2)10-12-20/h5-12,21H,3-4,13-16H2,1-2H3,(H,23,25)/t21-/m1/s1. The van der Waals surface area contributed by atoms with Crippen molar-refractivity contribution in [3.8, 4) is 17.2 Å². The number of carbonyl (C=O) groups is 1. The quantitative estimate of drug-likeness (QED) is 0.720. The molecule has 0 radical (unpaired) electrons. The molecule has 6 heteroatoms. The third-order valence-corrected chi connectivity index (χ3v) is 5.00. The predicted octanol–water partition coefficient (Wildman–Crippen LogP) is 3.04. The molecular weight excluding hydrogens is 356 g/mol. The zero-order valence-corrected chi connectivity index (χ0v) is 16.5. The van der Waals surface area contributed by atoms with Crippen LogP contribution in [0.25, 0.3) is 0 Å². The Bertz CT molecular complexity index is 740. The average molecular weight is 384 g/mol. The molecule has 28 heavy (non-hydrogen) atoms. The van der Waals surface area contributed by atoms with Crippen LogP contribution in [0.2, 0.25) is 0 Å². The SMILES string of the molecule is COc1ccc(OCC(=O)NC[C@H](c2ccc(OC)cc2)N2CCCC2)cc1. The van der Waals surface area contributed by atoms with Gasteiger partial charge in [-0.1, -0.05) is 12.1 Å². The molecule has 0 aliphatic carbocycles. The molecule has 1 atom stereocenters. The van der Waals surface area contributed by atoms with Gasteiger partial charge in [0.05, 0.1) is 20.3 Å². The summed E-state index contributed by atoms with van der Waals surface area (Å²) in [7, 11) is 3.28. The molecule has 150 valence electrons. The lowest BCUT2D eigenvalue weighted by Gasteiger charge is -2.28. The van der Waals surface area contributed by atoms with Crippen molar-refractivity contribution in [2.75, 3.05) is 40.5 Å². The van der Waals surface area contributed by atoms with Crippen molar-refractivity contribution >= 4 is 5.91 Å². The molecule has 0 aromatic heterocycles. The van der Waals surface area contributed by atoms with Crippen molar-refractivity contribution in [3.63, 3.8) is 0 Å². The smallest absolute Gasteiger partial charge is 0.258 e. The highest BCUT2D eigenvalue weighted by atomic mass is 16.5. The van der Waals surface area contributed by atoms with E-state index in [0.29, 0.717) is 12.3 Å². The number of ether oxygens (including phenoxy) is 3. The second-order valence-electron chi connectivity index (χ2n) is 6.80. The van der Waals surface area contributed by atoms with Gasteiger partial charge in [-0.15, -0.1) is 0 Å². The van der Waals surface area contributed by atoms with Crippen molar-refractivity contribution in [2.45, 2.75) is 18.9 Å². The zero-order chi connectivity index (χ0) is 19.8. The van der Waals surface area contributed by atoms with E-state index in [4.69, 9.17) is 14.2 Å². The van der Waals surface area contributed by atoms with E-state index in [2.05, 4.69) is 22.3 Å². The molecule has 1 aliphatic heterocycles. The Kier molecular flexibility index (Phi) is 7.14. The molecular formula is C22H28N2O4. The second kappa shape index (κ2) is 9.99. The summed E-state index contributed by atoms with van der Waals surface area (Å²) in [6, 6.07) is 15.4. The first-order valence-corrected chi connectivity index (χ1v) is 9.61. The van der Waals surface area contributed by atoms with Gasteiger partial charge in [0.15, 0.2) is 6.61 Å². The number of hydrogen-bond donors (Lipinski definition) is 1. The Morgan fingerprint density at radius 3 is 2.04 bits per heavy atom. The molecule has 1 fully saturated rings. The normalized spacial score (nSPS) is 15.1. The minimum atomic E-state index is -0.131. The van der Waals surface area contributed by atoms with Gasteiger partial charge in [-0.25, -0.2) is 0 Å². The van der Waals surface area contributed by atoms with Crippen LogP contribution in [-0.4, -0.2) is 51.3 Å². The molecule has 0 saturated carbocycles. The lowest BCUT2D eigenvalue weighted by Crippen LogP contribution is -2.38. The minimum Gasteiger partial charge on any atom is -0.497 e. The number of carbonyl (C=O) groups excluding carboxylic acids is 1. The Hall–Kier alpha value is -2.73. The molecule has 0 spiro atoms. The van der Waals surface area contributed by atoms with Crippen LogP contribution in [0, 0.1) is 0 Å². The van der Waals surface area contributed by atoms with Gasteiger partial charge in [-0.05, 0) is 67.9 Å². The van der Waals surface area contributed by atoms with E-state index in [1.54, 1.807) is 38.5 Å². The number of amides is 1. The third kappa shape index (κ3) is 5.39. The van der Waals surface area contributed by atoms with Crippen molar-refractivity contribution in [2.24, 2.45) is 0 Å². The van der Waals surface area contributed by atoms with Crippen LogP contribution >= 0.6 is 0 Å². The highest BCUT2D eigenvalue weighted by Crippen LogP contribution is 2.26. The van der Waals surface area contributed by atoms with E-state index in [1.165, 1.54) is 18.4 Å². The maximum Gasteiger partial charge on any atom is 0.258 e. The Balaban J connectivity index is 1.55. The van der Waals surface area contributed by atoms with Crippen molar-refractivity contribution < 1.29 is 19.0 Å². The van der Waals surface area contributed by atoms with Gasteiger partial charge in [-0.2, -0.15) is 0 Å². The molecule has 3 rings (SSSR count). The summed E-state index contributed by atoms with van der Waals surface area (Å²) < 4.78 is 15.9. The Morgan fingerprint density at radius 2 is 1.46 bits per heavy atom. The van der Waals surface area contributed by atoms with Crippen LogP contribution in [-0.2, 0) is 4.79 Å². The minimum absolute atomic E-state index is 0.0122. The number of methoxy groups -OCH3 is 2. The van der Waals surface area contributed by atoms with Crippen molar-refractivity contribution in [1.82, 2.24) is 10.2 Å². The monoisotopic (exact) mass is 384 g/mol. The van der Waals surface area contributed by atoms with Crippen molar-refractivity contribution in [3.05, 3.63) is 54.1 Å². The molecule has 1 amide bonds. The molecule has 6 nitrogen and oxygen atoms in total. The highest BCUT2D eigenvalue weighted by molar-refractivity contribution is 5.77. The van der Waals surface area contributed by atoms with E-state index in [0.717, 1.165) is 24.6 Å². The fourth-order valence-electron chi connectivity index (χ4n) is 3.42. The topological polar surface area (TPSA) is 60.0 Å². The van der Waals surface area contributed by atoms with E-state index < -0.39 is 0 Å².